The molecule has 5 heteroatoms. The third-order valence-corrected chi connectivity index (χ3v) is 4.69. The SMILES string of the molecule is CC(C)OC(=O)C1(C(=O)OC(C)C)[C@H](C(=O)c2ccccc2)[C@H]1C(C)C. The van der Waals surface area contributed by atoms with E-state index >= 15 is 0 Å². The summed E-state index contributed by atoms with van der Waals surface area (Å²) < 4.78 is 10.8. The van der Waals surface area contributed by atoms with Crippen molar-refractivity contribution in [3.05, 3.63) is 35.9 Å². The van der Waals surface area contributed by atoms with Crippen molar-refractivity contribution in [2.75, 3.05) is 0 Å². The molecule has 1 aliphatic carbocycles. The summed E-state index contributed by atoms with van der Waals surface area (Å²) in [6, 6.07) is 8.74. The minimum atomic E-state index is -1.56. The summed E-state index contributed by atoms with van der Waals surface area (Å²) in [6.45, 7) is 10.7. The number of Topliss-reactive ketones (excluding diaryl/α,β-unsaturated/α-hetero) is 1. The Labute approximate surface area is 155 Å². The van der Waals surface area contributed by atoms with Crippen LogP contribution >= 0.6 is 0 Å². The first kappa shape index (κ1) is 20.1. The second-order valence-corrected chi connectivity index (χ2v) is 7.75. The summed E-state index contributed by atoms with van der Waals surface area (Å²) in [5, 5.41) is 0. The molecule has 0 heterocycles. The van der Waals surface area contributed by atoms with Crippen LogP contribution in [0.5, 0.6) is 0 Å². The number of rotatable bonds is 7. The van der Waals surface area contributed by atoms with Crippen LogP contribution in [0.3, 0.4) is 0 Å². The van der Waals surface area contributed by atoms with Crippen LogP contribution in [-0.4, -0.2) is 29.9 Å². The van der Waals surface area contributed by atoms with Gasteiger partial charge in [-0.1, -0.05) is 44.2 Å². The maximum absolute atomic E-state index is 13.1. The van der Waals surface area contributed by atoms with Crippen LogP contribution in [0, 0.1) is 23.2 Å². The molecule has 2 atom stereocenters. The number of carbonyl (C=O) groups is 3. The summed E-state index contributed by atoms with van der Waals surface area (Å²) in [4.78, 5) is 39.0. The summed E-state index contributed by atoms with van der Waals surface area (Å²) in [6.07, 6.45) is -0.765. The van der Waals surface area contributed by atoms with Gasteiger partial charge in [0.25, 0.3) is 0 Å². The topological polar surface area (TPSA) is 69.7 Å². The maximum atomic E-state index is 13.1. The Morgan fingerprint density at radius 1 is 0.846 bits per heavy atom. The molecule has 0 aliphatic heterocycles. The number of esters is 2. The van der Waals surface area contributed by atoms with Gasteiger partial charge in [0.05, 0.1) is 18.1 Å². The second kappa shape index (κ2) is 7.60. The molecule has 2 rings (SSSR count). The van der Waals surface area contributed by atoms with Gasteiger partial charge < -0.3 is 9.47 Å². The molecule has 0 spiro atoms. The zero-order valence-corrected chi connectivity index (χ0v) is 16.3. The van der Waals surface area contributed by atoms with Crippen LogP contribution in [0.4, 0.5) is 0 Å². The molecule has 1 aromatic carbocycles. The summed E-state index contributed by atoms with van der Waals surface area (Å²) >= 11 is 0. The normalized spacial score (nSPS) is 21.0. The van der Waals surface area contributed by atoms with Crippen molar-refractivity contribution in [2.45, 2.75) is 53.8 Å². The smallest absolute Gasteiger partial charge is 0.324 e. The lowest BCUT2D eigenvalue weighted by atomic mass is 9.96. The summed E-state index contributed by atoms with van der Waals surface area (Å²) in [5.41, 5.74) is -1.07. The fourth-order valence-electron chi connectivity index (χ4n) is 3.71. The molecule has 1 aromatic rings. The van der Waals surface area contributed by atoms with E-state index in [1.54, 1.807) is 52.0 Å². The van der Waals surface area contributed by atoms with Gasteiger partial charge in [-0.25, -0.2) is 0 Å². The molecule has 0 radical (unpaired) electrons. The van der Waals surface area contributed by atoms with Crippen LogP contribution < -0.4 is 0 Å². The predicted molar refractivity (Wildman–Crippen MR) is 97.5 cm³/mol. The molecule has 1 aliphatic rings. The van der Waals surface area contributed by atoms with E-state index in [0.29, 0.717) is 5.56 Å². The summed E-state index contributed by atoms with van der Waals surface area (Å²) in [5.74, 6) is -2.79. The van der Waals surface area contributed by atoms with E-state index in [0.717, 1.165) is 0 Å². The van der Waals surface area contributed by atoms with Crippen molar-refractivity contribution in [1.82, 2.24) is 0 Å². The van der Waals surface area contributed by atoms with Gasteiger partial charge in [0.15, 0.2) is 11.2 Å². The van der Waals surface area contributed by atoms with Crippen molar-refractivity contribution in [2.24, 2.45) is 23.2 Å². The lowest BCUT2D eigenvalue weighted by molar-refractivity contribution is -0.170. The number of ketones is 1. The summed E-state index contributed by atoms with van der Waals surface area (Å²) in [7, 11) is 0. The zero-order valence-electron chi connectivity index (χ0n) is 16.3. The molecule has 0 bridgehead atoms. The number of ether oxygens (including phenoxy) is 2. The highest BCUT2D eigenvalue weighted by molar-refractivity contribution is 6.14. The Hall–Kier alpha value is -2.17. The number of benzene rings is 1. The highest BCUT2D eigenvalue weighted by atomic mass is 16.6. The van der Waals surface area contributed by atoms with Gasteiger partial charge in [-0.2, -0.15) is 0 Å². The average molecular weight is 360 g/mol. The Bertz CT molecular complexity index is 653. The number of hydrogen-bond donors (Lipinski definition) is 0. The molecule has 142 valence electrons. The first-order chi connectivity index (χ1) is 12.1. The molecule has 0 aromatic heterocycles. The third kappa shape index (κ3) is 3.53. The number of hydrogen-bond acceptors (Lipinski definition) is 5. The second-order valence-electron chi connectivity index (χ2n) is 7.75. The molecule has 0 amide bonds. The predicted octanol–water partition coefficient (Wildman–Crippen LogP) is 3.66. The monoisotopic (exact) mass is 360 g/mol. The van der Waals surface area contributed by atoms with E-state index in [4.69, 9.17) is 9.47 Å². The van der Waals surface area contributed by atoms with Gasteiger partial charge >= 0.3 is 11.9 Å². The Morgan fingerprint density at radius 3 is 1.69 bits per heavy atom. The molecule has 26 heavy (non-hydrogen) atoms. The minimum Gasteiger partial charge on any atom is -0.462 e. The van der Waals surface area contributed by atoms with Crippen molar-refractivity contribution in [1.29, 1.82) is 0 Å². The molecule has 0 unspecified atom stereocenters. The molecule has 0 N–H and O–H groups in total. The van der Waals surface area contributed by atoms with Crippen LogP contribution in [0.25, 0.3) is 0 Å². The molecule has 1 fully saturated rings. The van der Waals surface area contributed by atoms with Crippen LogP contribution in [0.2, 0.25) is 0 Å². The first-order valence-electron chi connectivity index (χ1n) is 9.15. The van der Waals surface area contributed by atoms with E-state index in [-0.39, 0.29) is 23.9 Å². The van der Waals surface area contributed by atoms with Gasteiger partial charge in [-0.05, 0) is 33.6 Å². The molecule has 1 saturated carbocycles. The van der Waals surface area contributed by atoms with E-state index in [2.05, 4.69) is 0 Å². The van der Waals surface area contributed by atoms with Gasteiger partial charge in [-0.3, -0.25) is 14.4 Å². The van der Waals surface area contributed by atoms with E-state index in [9.17, 15) is 14.4 Å². The lowest BCUT2D eigenvalue weighted by Crippen LogP contribution is -2.37. The lowest BCUT2D eigenvalue weighted by Gasteiger charge is -2.20. The van der Waals surface area contributed by atoms with Crippen molar-refractivity contribution >= 4 is 17.7 Å². The van der Waals surface area contributed by atoms with E-state index < -0.39 is 29.2 Å². The Morgan fingerprint density at radius 2 is 1.31 bits per heavy atom. The molecular formula is C21H28O5. The van der Waals surface area contributed by atoms with Gasteiger partial charge in [0.2, 0.25) is 0 Å². The molecular weight excluding hydrogens is 332 g/mol. The van der Waals surface area contributed by atoms with Crippen LogP contribution in [0.1, 0.15) is 51.9 Å². The largest absolute Gasteiger partial charge is 0.462 e. The number of carbonyl (C=O) groups excluding carboxylic acids is 3. The Balaban J connectivity index is 2.48. The van der Waals surface area contributed by atoms with Crippen LogP contribution in [0.15, 0.2) is 30.3 Å². The van der Waals surface area contributed by atoms with Crippen molar-refractivity contribution < 1.29 is 23.9 Å². The Kier molecular flexibility index (Phi) is 5.89. The average Bonchev–Trinajstić information content (AvgIpc) is 3.25. The van der Waals surface area contributed by atoms with Crippen molar-refractivity contribution in [3.8, 4) is 0 Å². The van der Waals surface area contributed by atoms with Gasteiger partial charge in [0, 0.05) is 11.5 Å². The minimum absolute atomic E-state index is 0.0490. The van der Waals surface area contributed by atoms with Crippen LogP contribution in [-0.2, 0) is 19.1 Å². The highest BCUT2D eigenvalue weighted by Crippen LogP contribution is 2.65. The first-order valence-corrected chi connectivity index (χ1v) is 9.15. The fraction of sp³-hybridized carbons (Fsp3) is 0.571. The third-order valence-electron chi connectivity index (χ3n) is 4.69. The van der Waals surface area contributed by atoms with E-state index in [1.807, 2.05) is 19.9 Å². The fourth-order valence-corrected chi connectivity index (χ4v) is 3.71. The standard InChI is InChI=1S/C21H28O5/c1-12(2)16-17(18(22)15-10-8-7-9-11-15)21(16,19(23)25-13(3)4)20(24)26-14(5)6/h7-14,16-17H,1-6H3/t16-,17+/m1/s1. The maximum Gasteiger partial charge on any atom is 0.324 e. The zero-order chi connectivity index (χ0) is 19.6. The molecule has 5 nitrogen and oxygen atoms in total. The highest BCUT2D eigenvalue weighted by Gasteiger charge is 2.79. The quantitative estimate of drug-likeness (QED) is 0.422. The van der Waals surface area contributed by atoms with Crippen molar-refractivity contribution in [3.63, 3.8) is 0 Å². The van der Waals surface area contributed by atoms with Gasteiger partial charge in [0.1, 0.15) is 0 Å². The molecule has 0 saturated heterocycles. The van der Waals surface area contributed by atoms with Gasteiger partial charge in [-0.15, -0.1) is 0 Å². The van der Waals surface area contributed by atoms with E-state index in [1.165, 1.54) is 0 Å².